The van der Waals surface area contributed by atoms with E-state index in [1.165, 1.54) is 121 Å². The van der Waals surface area contributed by atoms with Gasteiger partial charge >= 0.3 is 0 Å². The summed E-state index contributed by atoms with van der Waals surface area (Å²) in [6.45, 7) is 27.6. The molecule has 0 amide bonds. The Balaban J connectivity index is 1.34. The molecule has 0 unspecified atom stereocenters. The summed E-state index contributed by atoms with van der Waals surface area (Å²) in [7, 11) is 0. The lowest BCUT2D eigenvalue weighted by molar-refractivity contribution is 0.590. The van der Waals surface area contributed by atoms with Gasteiger partial charge in [-0.15, -0.1) is 0 Å². The fraction of sp³-hybridized carbons (Fsp3) is 0.258. The quantitative estimate of drug-likeness (QED) is 0.123. The Morgan fingerprint density at radius 2 is 0.500 bits per heavy atom. The molecule has 10 aromatic rings. The van der Waals surface area contributed by atoms with Crippen LogP contribution in [0.25, 0.3) is 98.4 Å². The first-order valence-corrected chi connectivity index (χ1v) is 22.7. The van der Waals surface area contributed by atoms with Crippen LogP contribution in [0.2, 0.25) is 0 Å². The summed E-state index contributed by atoms with van der Waals surface area (Å²) < 4.78 is 0. The molecule has 0 fully saturated rings. The van der Waals surface area contributed by atoms with Crippen LogP contribution in [0.15, 0.2) is 146 Å². The van der Waals surface area contributed by atoms with Crippen molar-refractivity contribution in [3.63, 3.8) is 0 Å². The largest absolute Gasteiger partial charge is 0.0579 e. The van der Waals surface area contributed by atoms with Crippen molar-refractivity contribution >= 4 is 53.9 Å². The number of rotatable bonds is 4. The van der Waals surface area contributed by atoms with Gasteiger partial charge in [0.15, 0.2) is 0 Å². The minimum absolute atomic E-state index is 0.0651. The smallest absolute Gasteiger partial charge is 0.000740 e. The van der Waals surface area contributed by atoms with Crippen molar-refractivity contribution in [1.82, 2.24) is 0 Å². The van der Waals surface area contributed by atoms with Crippen molar-refractivity contribution < 1.29 is 0 Å². The normalized spacial score (nSPS) is 13.2. The van der Waals surface area contributed by atoms with E-state index >= 15 is 0 Å². The molecule has 0 heteroatoms. The van der Waals surface area contributed by atoms with Crippen LogP contribution < -0.4 is 0 Å². The van der Waals surface area contributed by atoms with Crippen LogP contribution >= 0.6 is 0 Å². The maximum absolute atomic E-state index is 2.49. The van der Waals surface area contributed by atoms with Crippen molar-refractivity contribution in [2.45, 2.75) is 105 Å². The molecule has 62 heavy (non-hydrogen) atoms. The molecule has 10 aromatic carbocycles. The molecule has 308 valence electrons. The van der Waals surface area contributed by atoms with Gasteiger partial charge in [-0.2, -0.15) is 0 Å². The molecule has 0 spiro atoms. The lowest BCUT2D eigenvalue weighted by Gasteiger charge is -2.25. The van der Waals surface area contributed by atoms with Gasteiger partial charge in [-0.25, -0.2) is 0 Å². The molecule has 0 saturated carbocycles. The Kier molecular flexibility index (Phi) is 8.90. The highest BCUT2D eigenvalue weighted by Crippen LogP contribution is 2.53. The van der Waals surface area contributed by atoms with Crippen LogP contribution in [0.5, 0.6) is 0 Å². The lowest BCUT2D eigenvalue weighted by atomic mass is 9.77. The van der Waals surface area contributed by atoms with Gasteiger partial charge < -0.3 is 0 Å². The molecule has 0 aliphatic rings. The standard InChI is InChI=1S/C62H60/c1-59(2,3)45-23-13-37(14-24-45)43-33-41-21-31-50-54(40-19-29-48(30-20-40)62(10,11)12)52-36-44(38-15-25-46(26-16-38)60(4,5)6)34-42-22-32-49-53(39-17-27-47(28-18-39)61(7,8)9)51(35-43)55(41)57(50)58(49)56(42)52/h13-36H,1-12H3. The summed E-state index contributed by atoms with van der Waals surface area (Å²) >= 11 is 0. The third kappa shape index (κ3) is 6.57. The van der Waals surface area contributed by atoms with E-state index in [4.69, 9.17) is 0 Å². The lowest BCUT2D eigenvalue weighted by Crippen LogP contribution is -2.10. The first-order chi connectivity index (χ1) is 29.3. The van der Waals surface area contributed by atoms with Gasteiger partial charge in [-0.3, -0.25) is 0 Å². The average Bonchev–Trinajstić information content (AvgIpc) is 3.23. The van der Waals surface area contributed by atoms with Gasteiger partial charge in [0.2, 0.25) is 0 Å². The van der Waals surface area contributed by atoms with E-state index in [9.17, 15) is 0 Å². The summed E-state index contributed by atoms with van der Waals surface area (Å²) in [6.07, 6.45) is 0. The van der Waals surface area contributed by atoms with Gasteiger partial charge in [0, 0.05) is 0 Å². The molecule has 10 rings (SSSR count). The van der Waals surface area contributed by atoms with E-state index in [1.54, 1.807) is 0 Å². The fourth-order valence-corrected chi connectivity index (χ4v) is 10.1. The molecular weight excluding hydrogens is 745 g/mol. The van der Waals surface area contributed by atoms with Crippen LogP contribution in [-0.2, 0) is 21.7 Å². The van der Waals surface area contributed by atoms with Crippen LogP contribution in [0.4, 0.5) is 0 Å². The highest BCUT2D eigenvalue weighted by Gasteiger charge is 2.26. The summed E-state index contributed by atoms with van der Waals surface area (Å²) in [5.41, 5.74) is 15.9. The second kappa shape index (κ2) is 13.8. The zero-order chi connectivity index (χ0) is 43.7. The maximum Gasteiger partial charge on any atom is -0.000740 e. The van der Waals surface area contributed by atoms with Gasteiger partial charge in [0.1, 0.15) is 0 Å². The Labute approximate surface area is 369 Å². The molecule has 0 aromatic heterocycles. The van der Waals surface area contributed by atoms with Crippen LogP contribution in [0.1, 0.15) is 105 Å². The van der Waals surface area contributed by atoms with Gasteiger partial charge in [0.05, 0.1) is 0 Å². The van der Waals surface area contributed by atoms with Gasteiger partial charge in [-0.05, 0) is 167 Å². The van der Waals surface area contributed by atoms with Crippen molar-refractivity contribution in [2.24, 2.45) is 0 Å². The average molecular weight is 805 g/mol. The molecule has 0 radical (unpaired) electrons. The topological polar surface area (TPSA) is 0 Å². The maximum atomic E-state index is 2.49. The summed E-state index contributed by atoms with van der Waals surface area (Å²) in [4.78, 5) is 0. The van der Waals surface area contributed by atoms with E-state index in [2.05, 4.69) is 229 Å². The molecule has 0 heterocycles. The van der Waals surface area contributed by atoms with E-state index in [1.807, 2.05) is 0 Å². The van der Waals surface area contributed by atoms with Gasteiger partial charge in [-0.1, -0.05) is 204 Å². The first kappa shape index (κ1) is 40.1. The predicted molar refractivity (Wildman–Crippen MR) is 273 cm³/mol. The van der Waals surface area contributed by atoms with Crippen molar-refractivity contribution in [2.75, 3.05) is 0 Å². The Morgan fingerprint density at radius 3 is 0.774 bits per heavy atom. The first-order valence-electron chi connectivity index (χ1n) is 22.7. The molecular formula is C62H60. The second-order valence-corrected chi connectivity index (χ2v) is 22.3. The zero-order valence-corrected chi connectivity index (χ0v) is 38.9. The van der Waals surface area contributed by atoms with Crippen LogP contribution in [0, 0.1) is 0 Å². The van der Waals surface area contributed by atoms with E-state index in [0.29, 0.717) is 0 Å². The minimum Gasteiger partial charge on any atom is -0.0579 e. The molecule has 0 aliphatic carbocycles. The molecule has 0 N–H and O–H groups in total. The van der Waals surface area contributed by atoms with Crippen molar-refractivity contribution in [3.05, 3.63) is 168 Å². The van der Waals surface area contributed by atoms with Gasteiger partial charge in [0.25, 0.3) is 0 Å². The number of benzene rings is 10. The minimum atomic E-state index is 0.0651. The van der Waals surface area contributed by atoms with Crippen LogP contribution in [0.3, 0.4) is 0 Å². The molecule has 0 saturated heterocycles. The highest BCUT2D eigenvalue weighted by atomic mass is 14.3. The Morgan fingerprint density at radius 1 is 0.226 bits per heavy atom. The van der Waals surface area contributed by atoms with Crippen LogP contribution in [-0.4, -0.2) is 0 Å². The Hall–Kier alpha value is -5.98. The molecule has 0 aliphatic heterocycles. The number of hydrogen-bond donors (Lipinski definition) is 0. The van der Waals surface area contributed by atoms with E-state index in [-0.39, 0.29) is 21.7 Å². The molecule has 0 nitrogen and oxygen atoms in total. The monoisotopic (exact) mass is 804 g/mol. The predicted octanol–water partition coefficient (Wildman–Crippen LogP) is 18.2. The highest BCUT2D eigenvalue weighted by molar-refractivity contribution is 6.43. The summed E-state index contributed by atoms with van der Waals surface area (Å²) in [5, 5.41) is 13.2. The second-order valence-electron chi connectivity index (χ2n) is 22.3. The number of hydrogen-bond acceptors (Lipinski definition) is 0. The zero-order valence-electron chi connectivity index (χ0n) is 38.9. The molecule has 0 atom stereocenters. The van der Waals surface area contributed by atoms with E-state index in [0.717, 1.165) is 0 Å². The summed E-state index contributed by atoms with van der Waals surface area (Å²) in [5.74, 6) is 0. The third-order valence-electron chi connectivity index (χ3n) is 13.8. The van der Waals surface area contributed by atoms with Crippen molar-refractivity contribution in [3.8, 4) is 44.5 Å². The third-order valence-corrected chi connectivity index (χ3v) is 13.8. The van der Waals surface area contributed by atoms with E-state index < -0.39 is 0 Å². The molecule has 0 bridgehead atoms. The Bertz CT molecular complexity index is 3060. The summed E-state index contributed by atoms with van der Waals surface area (Å²) in [6, 6.07) is 57.0. The fourth-order valence-electron chi connectivity index (χ4n) is 10.1. The SMILES string of the molecule is CC(C)(C)c1ccc(-c2cc3ccc4c(-c5ccc(C(C)(C)C)cc5)c5cc(-c6ccc(C(C)(C)C)cc6)cc6ccc7c(-c8ccc(C(C)(C)C)cc8)c(c2)c3c4c7c65)cc1. The van der Waals surface area contributed by atoms with Crippen molar-refractivity contribution in [1.29, 1.82) is 0 Å².